The van der Waals surface area contributed by atoms with Crippen LogP contribution in [-0.4, -0.2) is 127 Å². The number of nitrogens with zero attached hydrogens (tertiary/aromatic N) is 17. The molecule has 28 heteroatoms. The van der Waals surface area contributed by atoms with E-state index in [1.807, 2.05) is 142 Å². The Bertz CT molecular complexity index is 4900. The van der Waals surface area contributed by atoms with Crippen LogP contribution in [0.25, 0.3) is 33.8 Å². The molecule has 0 fully saturated rings. The maximum absolute atomic E-state index is 12.7. The fourth-order valence-electron chi connectivity index (χ4n) is 11.7. The topological polar surface area (TPSA) is 302 Å². The number of fused-ring (bicyclic) bond motifs is 2. The van der Waals surface area contributed by atoms with Crippen molar-refractivity contribution in [1.82, 2.24) is 105 Å². The van der Waals surface area contributed by atoms with E-state index in [4.69, 9.17) is 21.4 Å². The molecule has 0 unspecified atom stereocenters. The van der Waals surface area contributed by atoms with Gasteiger partial charge in [-0.15, -0.1) is 0 Å². The number of amides is 3. The molecule has 10 heterocycles. The van der Waals surface area contributed by atoms with E-state index in [0.29, 0.717) is 59.8 Å². The lowest BCUT2D eigenvalue weighted by Crippen LogP contribution is -2.31. The summed E-state index contributed by atoms with van der Waals surface area (Å²) in [5.41, 5.74) is 14.9. The van der Waals surface area contributed by atoms with Crippen LogP contribution in [0.15, 0.2) is 141 Å². The van der Waals surface area contributed by atoms with Crippen LogP contribution in [0.1, 0.15) is 172 Å². The van der Waals surface area contributed by atoms with Crippen molar-refractivity contribution in [2.75, 3.05) is 30.5 Å². The maximum Gasteiger partial charge on any atom is 0.254 e. The van der Waals surface area contributed by atoms with Crippen LogP contribution < -0.4 is 31.9 Å². The van der Waals surface area contributed by atoms with E-state index in [1.54, 1.807) is 69.9 Å². The number of carbonyl (C=O) groups is 3. The number of hydrogen-bond donors (Lipinski definition) is 6. The largest absolute Gasteiger partial charge is 0.360 e. The second-order valence-electron chi connectivity index (χ2n) is 30.9. The van der Waals surface area contributed by atoms with Crippen LogP contribution in [0, 0.1) is 20.8 Å². The minimum absolute atomic E-state index is 0.141. The smallest absolute Gasteiger partial charge is 0.254 e. The van der Waals surface area contributed by atoms with Crippen molar-refractivity contribution >= 4 is 52.6 Å². The van der Waals surface area contributed by atoms with Gasteiger partial charge in [0.25, 0.3) is 17.7 Å². The highest BCUT2D eigenvalue weighted by Gasteiger charge is 2.24. The number of carbonyl (C=O) groups excluding carboxylic acids is 3. The average molecular weight is 1470 g/mol. The number of aromatic nitrogens is 16. The number of anilines is 4. The number of ether oxygens (including phenoxy) is 1. The molecule has 0 spiro atoms. The summed E-state index contributed by atoms with van der Waals surface area (Å²) in [6.45, 7) is 38.0. The van der Waals surface area contributed by atoms with Crippen molar-refractivity contribution in [3.63, 3.8) is 0 Å². The van der Waals surface area contributed by atoms with Crippen molar-refractivity contribution in [2.24, 2.45) is 0 Å². The predicted molar refractivity (Wildman–Crippen MR) is 415 cm³/mol. The Balaban J connectivity index is 0.000000164. The molecule has 6 N–H and O–H groups in total. The molecule has 3 amide bonds. The number of rotatable bonds is 18. The lowest BCUT2D eigenvalue weighted by molar-refractivity contribution is -0.0656. The van der Waals surface area contributed by atoms with E-state index in [1.165, 1.54) is 6.33 Å². The second-order valence-corrected chi connectivity index (χ2v) is 31.3. The first-order valence-corrected chi connectivity index (χ1v) is 36.4. The Labute approximate surface area is 630 Å². The summed E-state index contributed by atoms with van der Waals surface area (Å²) in [6, 6.07) is 27.9. The van der Waals surface area contributed by atoms with E-state index in [0.717, 1.165) is 142 Å². The molecule has 0 atom stereocenters. The highest BCUT2D eigenvalue weighted by molar-refractivity contribution is 6.29. The lowest BCUT2D eigenvalue weighted by Gasteiger charge is -2.26. The maximum atomic E-state index is 12.7. The molecule has 2 aliphatic heterocycles. The SMILES string of the molecule is Cc1cc(-c2cc(Cl)ncn2)ccc1CNC(=O)c1cnn(C(C)(C)C)c1.Cc1cc(-c2cc(Nc3cc4n(n3)CCCN(COC(C)(C)C)C4)ncn2)ccc1CNC(=O)c1cnn(C(C)(C)C)c1.Cc1cc(-c2cc(Nc3cc4n(n3)CCCNC4)ncn2)ccc1CNC(=O)c1cnn(C(C)(C)C)c1. The molecule has 0 saturated carbocycles. The number of hydrogen-bond acceptors (Lipinski definition) is 19. The van der Waals surface area contributed by atoms with Gasteiger partial charge in [0, 0.05) is 118 Å². The summed E-state index contributed by atoms with van der Waals surface area (Å²) in [5.74, 6) is 2.47. The van der Waals surface area contributed by atoms with Gasteiger partial charge in [-0.05, 0) is 175 Å². The molecular formula is C79H98ClN23O4. The molecular weight excluding hydrogens is 1370 g/mol. The lowest BCUT2D eigenvalue weighted by atomic mass is 10.0. The standard InChI is InChI=1S/C32H43N9O2.C27H33N9O.C20H22ClN5O/c1-22-13-23(9-10-24(22)16-33-30(42)25-17-36-41(18-25)31(2,3)4)27-15-28(35-20-34-27)37-29-14-26-19-39(21-43-32(5,6)7)11-8-12-40(26)38-29;1-18-10-19(6-7-20(18)13-29-26(37)21-14-32-36(16-21)27(2,3)4)23-12-24(31-17-30-23)33-25-11-22-15-28-8-5-9-35(22)34-25;1-13-7-14(17-8-18(21)24-12-23-17)5-6-15(13)9-22-19(27)16-10-25-26(11-16)20(2,3)4/h9-10,13-15,17-18,20H,8,11-12,16,19,21H2,1-7H3,(H,33,42)(H,34,35,37,38);6-7,10-12,14,16-17,28H,5,8-9,13,15H2,1-4H3,(H,29,37)(H,30,31,33,34);5-8,10-12H,9H2,1-4H3,(H,22,27). The summed E-state index contributed by atoms with van der Waals surface area (Å²) < 4.78 is 15.5. The van der Waals surface area contributed by atoms with E-state index >= 15 is 0 Å². The predicted octanol–water partition coefficient (Wildman–Crippen LogP) is 13.0. The Morgan fingerprint density at radius 3 is 1.28 bits per heavy atom. The van der Waals surface area contributed by atoms with Gasteiger partial charge in [-0.3, -0.25) is 42.7 Å². The van der Waals surface area contributed by atoms with Gasteiger partial charge in [-0.2, -0.15) is 25.5 Å². The molecule has 8 aromatic heterocycles. The van der Waals surface area contributed by atoms with Gasteiger partial charge in [0.1, 0.15) is 42.5 Å². The number of halogens is 1. The fourth-order valence-corrected chi connectivity index (χ4v) is 11.9. The van der Waals surface area contributed by atoms with Gasteiger partial charge >= 0.3 is 0 Å². The first-order valence-electron chi connectivity index (χ1n) is 36.0. The second kappa shape index (κ2) is 33.3. The van der Waals surface area contributed by atoms with Crippen LogP contribution in [-0.2, 0) is 67.2 Å². The average Bonchev–Trinajstić information content (AvgIpc) is 1.15. The summed E-state index contributed by atoms with van der Waals surface area (Å²) >= 11 is 5.93. The van der Waals surface area contributed by atoms with Crippen LogP contribution in [0.5, 0.6) is 0 Å². The molecule has 11 aromatic rings. The molecule has 3 aromatic carbocycles. The van der Waals surface area contributed by atoms with Crippen LogP contribution in [0.3, 0.4) is 0 Å². The third kappa shape index (κ3) is 21.0. The highest BCUT2D eigenvalue weighted by atomic mass is 35.5. The Morgan fingerprint density at radius 1 is 0.477 bits per heavy atom. The minimum atomic E-state index is -0.178. The van der Waals surface area contributed by atoms with Crippen LogP contribution >= 0.6 is 11.6 Å². The van der Waals surface area contributed by atoms with Crippen LogP contribution in [0.2, 0.25) is 5.15 Å². The molecule has 560 valence electrons. The van der Waals surface area contributed by atoms with E-state index < -0.39 is 0 Å². The normalized spacial score (nSPS) is 13.3. The fraction of sp³-hybridized carbons (Fsp3) is 0.392. The van der Waals surface area contributed by atoms with E-state index in [-0.39, 0.29) is 39.9 Å². The summed E-state index contributed by atoms with van der Waals surface area (Å²) in [6.07, 6.45) is 16.8. The van der Waals surface area contributed by atoms with Gasteiger partial charge in [0.15, 0.2) is 11.6 Å². The molecule has 0 radical (unpaired) electrons. The Morgan fingerprint density at radius 2 is 0.879 bits per heavy atom. The zero-order valence-electron chi connectivity index (χ0n) is 63.9. The zero-order valence-corrected chi connectivity index (χ0v) is 64.6. The van der Waals surface area contributed by atoms with Gasteiger partial charge in [-0.1, -0.05) is 48.0 Å². The van der Waals surface area contributed by atoms with Crippen molar-refractivity contribution in [2.45, 2.75) is 185 Å². The number of nitrogens with one attached hydrogen (secondary N) is 6. The van der Waals surface area contributed by atoms with Gasteiger partial charge in [-0.25, -0.2) is 29.9 Å². The number of aryl methyl sites for hydroxylation is 5. The Kier molecular flexibility index (Phi) is 24.0. The first-order chi connectivity index (χ1) is 50.8. The van der Waals surface area contributed by atoms with E-state index in [9.17, 15) is 14.4 Å². The van der Waals surface area contributed by atoms with Crippen molar-refractivity contribution in [3.8, 4) is 33.8 Å². The monoisotopic (exact) mass is 1470 g/mol. The van der Waals surface area contributed by atoms with Gasteiger partial charge in [0.05, 0.1) is 86.0 Å². The summed E-state index contributed by atoms with van der Waals surface area (Å²) in [7, 11) is 0. The molecule has 0 bridgehead atoms. The van der Waals surface area contributed by atoms with Gasteiger partial charge in [0.2, 0.25) is 0 Å². The zero-order chi connectivity index (χ0) is 76.4. The van der Waals surface area contributed by atoms with Crippen molar-refractivity contribution in [1.29, 1.82) is 0 Å². The third-order valence-electron chi connectivity index (χ3n) is 18.0. The number of benzene rings is 3. The summed E-state index contributed by atoms with van der Waals surface area (Å²) in [4.78, 5) is 66.0. The van der Waals surface area contributed by atoms with E-state index in [2.05, 4.69) is 137 Å². The molecule has 107 heavy (non-hydrogen) atoms. The minimum Gasteiger partial charge on any atom is -0.360 e. The quantitative estimate of drug-likeness (QED) is 0.0435. The Hall–Kier alpha value is -10.9. The third-order valence-corrected chi connectivity index (χ3v) is 18.2. The van der Waals surface area contributed by atoms with Gasteiger partial charge < -0.3 is 36.6 Å². The first kappa shape index (κ1) is 77.2. The van der Waals surface area contributed by atoms with Crippen LogP contribution in [0.4, 0.5) is 23.3 Å². The molecule has 2 aliphatic rings. The van der Waals surface area contributed by atoms with Crippen molar-refractivity contribution in [3.05, 3.63) is 208 Å². The molecule has 0 aliphatic carbocycles. The molecule has 0 saturated heterocycles. The molecule has 27 nitrogen and oxygen atoms in total. The molecule has 13 rings (SSSR count). The highest BCUT2D eigenvalue weighted by Crippen LogP contribution is 2.29. The summed E-state index contributed by atoms with van der Waals surface area (Å²) in [5, 5.41) is 41.8. The van der Waals surface area contributed by atoms with Crippen molar-refractivity contribution < 1.29 is 19.1 Å².